The lowest BCUT2D eigenvalue weighted by molar-refractivity contribution is -0.123. The van der Waals surface area contributed by atoms with Crippen LogP contribution >= 0.6 is 0 Å². The van der Waals surface area contributed by atoms with Crippen LogP contribution in [0.3, 0.4) is 0 Å². The van der Waals surface area contributed by atoms with Crippen LogP contribution in [0.1, 0.15) is 12.8 Å². The molecule has 0 radical (unpaired) electrons. The fourth-order valence-electron chi connectivity index (χ4n) is 3.88. The Morgan fingerprint density at radius 1 is 1.22 bits per heavy atom. The van der Waals surface area contributed by atoms with Crippen LogP contribution in [0, 0.1) is 5.92 Å². The van der Waals surface area contributed by atoms with E-state index < -0.39 is 6.10 Å². The van der Waals surface area contributed by atoms with Gasteiger partial charge in [-0.25, -0.2) is 4.98 Å². The van der Waals surface area contributed by atoms with Gasteiger partial charge in [0.05, 0.1) is 18.5 Å². The van der Waals surface area contributed by atoms with Crippen molar-refractivity contribution < 1.29 is 9.90 Å². The molecule has 7 heteroatoms. The van der Waals surface area contributed by atoms with Gasteiger partial charge in [-0.3, -0.25) is 9.59 Å². The maximum Gasteiger partial charge on any atom is 0.258 e. The second kappa shape index (κ2) is 7.36. The van der Waals surface area contributed by atoms with E-state index in [0.29, 0.717) is 18.2 Å². The van der Waals surface area contributed by atoms with Gasteiger partial charge in [-0.15, -0.1) is 0 Å². The number of nitrogens with zero attached hydrogens (tertiary/aromatic N) is 3. The van der Waals surface area contributed by atoms with Gasteiger partial charge in [0.25, 0.3) is 5.56 Å². The number of nitrogens with one attached hydrogen (secondary N) is 1. The molecule has 2 aromatic heterocycles. The van der Waals surface area contributed by atoms with E-state index in [-0.39, 0.29) is 30.0 Å². The quantitative estimate of drug-likeness (QED) is 0.709. The Hall–Kier alpha value is -2.93. The number of pyridine rings is 1. The molecule has 0 bridgehead atoms. The summed E-state index contributed by atoms with van der Waals surface area (Å²) in [7, 11) is 0. The molecule has 0 spiro atoms. The third-order valence-corrected chi connectivity index (χ3v) is 5.20. The number of aliphatic hydroxyl groups excluding tert-OH is 1. The van der Waals surface area contributed by atoms with Crippen molar-refractivity contribution >= 4 is 16.7 Å². The normalized spacial score (nSPS) is 22.2. The highest BCUT2D eigenvalue weighted by Crippen LogP contribution is 2.27. The van der Waals surface area contributed by atoms with Crippen molar-refractivity contribution in [3.63, 3.8) is 0 Å². The van der Waals surface area contributed by atoms with Gasteiger partial charge in [-0.05, 0) is 36.3 Å². The van der Waals surface area contributed by atoms with E-state index >= 15 is 0 Å². The SMILES string of the molecule is O=C(Cn1ccc2ccccc2c1=O)N[C@@H]1CC(Cn2ccnc2)C[C@H]1O. The van der Waals surface area contributed by atoms with Crippen molar-refractivity contribution in [3.8, 4) is 0 Å². The Labute approximate surface area is 156 Å². The predicted octanol–water partition coefficient (Wildman–Crippen LogP) is 1.15. The number of amides is 1. The summed E-state index contributed by atoms with van der Waals surface area (Å²) in [6.45, 7) is 0.715. The lowest BCUT2D eigenvalue weighted by atomic mass is 10.1. The van der Waals surface area contributed by atoms with Crippen LogP contribution in [-0.2, 0) is 17.9 Å². The van der Waals surface area contributed by atoms with Gasteiger partial charge in [0, 0.05) is 30.5 Å². The van der Waals surface area contributed by atoms with Crippen molar-refractivity contribution in [2.45, 2.75) is 38.1 Å². The first kappa shape index (κ1) is 17.5. The molecule has 1 fully saturated rings. The van der Waals surface area contributed by atoms with Crippen molar-refractivity contribution in [1.29, 1.82) is 0 Å². The highest BCUT2D eigenvalue weighted by Gasteiger charge is 2.34. The molecule has 2 N–H and O–H groups in total. The first-order chi connectivity index (χ1) is 13.1. The molecule has 27 heavy (non-hydrogen) atoms. The van der Waals surface area contributed by atoms with Gasteiger partial charge in [-0.1, -0.05) is 18.2 Å². The molecule has 2 heterocycles. The Morgan fingerprint density at radius 2 is 2.07 bits per heavy atom. The van der Waals surface area contributed by atoms with Crippen LogP contribution < -0.4 is 10.9 Å². The lowest BCUT2D eigenvalue weighted by Gasteiger charge is -2.17. The smallest absolute Gasteiger partial charge is 0.258 e. The fourth-order valence-corrected chi connectivity index (χ4v) is 3.88. The van der Waals surface area contributed by atoms with Crippen molar-refractivity contribution in [2.24, 2.45) is 5.92 Å². The number of aliphatic hydroxyl groups is 1. The summed E-state index contributed by atoms with van der Waals surface area (Å²) in [4.78, 5) is 29.0. The second-order valence-electron chi connectivity index (χ2n) is 7.17. The van der Waals surface area contributed by atoms with E-state index in [2.05, 4.69) is 10.3 Å². The number of carbonyl (C=O) groups is 1. The largest absolute Gasteiger partial charge is 0.391 e. The molecule has 0 saturated heterocycles. The molecule has 1 aromatic carbocycles. The van der Waals surface area contributed by atoms with E-state index in [1.54, 1.807) is 24.8 Å². The summed E-state index contributed by atoms with van der Waals surface area (Å²) >= 11 is 0. The molecule has 0 aliphatic heterocycles. The summed E-state index contributed by atoms with van der Waals surface area (Å²) in [5.41, 5.74) is -0.187. The summed E-state index contributed by atoms with van der Waals surface area (Å²) in [6, 6.07) is 8.85. The number of imidazole rings is 1. The number of aromatic nitrogens is 3. The van der Waals surface area contributed by atoms with Crippen LogP contribution in [0.5, 0.6) is 0 Å². The third-order valence-electron chi connectivity index (χ3n) is 5.20. The molecule has 4 rings (SSSR count). The van der Waals surface area contributed by atoms with Gasteiger partial charge in [0.1, 0.15) is 6.54 Å². The first-order valence-electron chi connectivity index (χ1n) is 9.11. The van der Waals surface area contributed by atoms with Crippen molar-refractivity contribution in [3.05, 3.63) is 65.6 Å². The minimum absolute atomic E-state index is 0.0565. The fraction of sp³-hybridized carbons (Fsp3) is 0.350. The minimum atomic E-state index is -0.573. The molecular formula is C20H22N4O3. The Balaban J connectivity index is 1.39. The Morgan fingerprint density at radius 3 is 2.89 bits per heavy atom. The Bertz CT molecular complexity index is 996. The van der Waals surface area contributed by atoms with Gasteiger partial charge in [0.15, 0.2) is 0 Å². The molecule has 140 valence electrons. The second-order valence-corrected chi connectivity index (χ2v) is 7.17. The Kier molecular flexibility index (Phi) is 4.77. The molecule has 1 saturated carbocycles. The molecule has 1 amide bonds. The highest BCUT2D eigenvalue weighted by atomic mass is 16.3. The molecule has 3 atom stereocenters. The van der Waals surface area contributed by atoms with Crippen molar-refractivity contribution in [2.75, 3.05) is 0 Å². The summed E-state index contributed by atoms with van der Waals surface area (Å²) in [5.74, 6) is 0.0163. The monoisotopic (exact) mass is 366 g/mol. The molecule has 7 nitrogen and oxygen atoms in total. The zero-order valence-electron chi connectivity index (χ0n) is 14.9. The molecule has 1 aliphatic rings. The maximum absolute atomic E-state index is 12.5. The summed E-state index contributed by atoms with van der Waals surface area (Å²) in [5, 5.41) is 14.6. The average Bonchev–Trinajstić information content (AvgIpc) is 3.28. The topological polar surface area (TPSA) is 89.2 Å². The van der Waals surface area contributed by atoms with E-state index in [9.17, 15) is 14.7 Å². The molecular weight excluding hydrogens is 344 g/mol. The van der Waals surface area contributed by atoms with Crippen LogP contribution in [0.4, 0.5) is 0 Å². The molecule has 3 aromatic rings. The summed E-state index contributed by atoms with van der Waals surface area (Å²) < 4.78 is 3.39. The number of hydrogen-bond acceptors (Lipinski definition) is 4. The predicted molar refractivity (Wildman–Crippen MR) is 101 cm³/mol. The standard InChI is InChI=1S/C20H22N4O3/c25-18-10-14(11-23-8-6-21-13-23)9-17(18)22-19(26)12-24-7-5-15-3-1-2-4-16(15)20(24)27/h1-8,13-14,17-18,25H,9-12H2,(H,22,26)/t14?,17-,18-/m1/s1. The minimum Gasteiger partial charge on any atom is -0.391 e. The molecule has 1 unspecified atom stereocenters. The average molecular weight is 366 g/mol. The van der Waals surface area contributed by atoms with E-state index in [4.69, 9.17) is 0 Å². The molecule has 1 aliphatic carbocycles. The summed E-state index contributed by atoms with van der Waals surface area (Å²) in [6.07, 6.45) is 7.78. The third kappa shape index (κ3) is 3.78. The van der Waals surface area contributed by atoms with Gasteiger partial charge < -0.3 is 19.6 Å². The number of rotatable bonds is 5. The van der Waals surface area contributed by atoms with Crippen molar-refractivity contribution in [1.82, 2.24) is 19.4 Å². The van der Waals surface area contributed by atoms with E-state index in [1.165, 1.54) is 4.57 Å². The lowest BCUT2D eigenvalue weighted by Crippen LogP contribution is -2.42. The number of fused-ring (bicyclic) bond motifs is 1. The van der Waals surface area contributed by atoms with Crippen LogP contribution in [0.25, 0.3) is 10.8 Å². The van der Waals surface area contributed by atoms with E-state index in [0.717, 1.165) is 11.9 Å². The number of benzene rings is 1. The zero-order valence-corrected chi connectivity index (χ0v) is 14.9. The number of hydrogen-bond donors (Lipinski definition) is 2. The van der Waals surface area contributed by atoms with E-state index in [1.807, 2.05) is 35.0 Å². The van der Waals surface area contributed by atoms with Gasteiger partial charge >= 0.3 is 0 Å². The van der Waals surface area contributed by atoms with Crippen LogP contribution in [-0.4, -0.2) is 37.3 Å². The van der Waals surface area contributed by atoms with Gasteiger partial charge in [0.2, 0.25) is 5.91 Å². The van der Waals surface area contributed by atoms with Crippen LogP contribution in [0.15, 0.2) is 60.0 Å². The maximum atomic E-state index is 12.5. The van der Waals surface area contributed by atoms with Gasteiger partial charge in [-0.2, -0.15) is 0 Å². The number of carbonyl (C=O) groups excluding carboxylic acids is 1. The first-order valence-corrected chi connectivity index (χ1v) is 9.11. The zero-order chi connectivity index (χ0) is 18.8. The highest BCUT2D eigenvalue weighted by molar-refractivity contribution is 5.82. The van der Waals surface area contributed by atoms with Crippen LogP contribution in [0.2, 0.25) is 0 Å².